The van der Waals surface area contributed by atoms with E-state index in [-0.39, 0.29) is 0 Å². The Hall–Kier alpha value is -1.35. The third-order valence-electron chi connectivity index (χ3n) is 3.99. The predicted octanol–water partition coefficient (Wildman–Crippen LogP) is 2.89. The highest BCUT2D eigenvalue weighted by Gasteiger charge is 2.25. The summed E-state index contributed by atoms with van der Waals surface area (Å²) in [6.45, 7) is 2.56. The zero-order valence-electron chi connectivity index (χ0n) is 12.4. The highest BCUT2D eigenvalue weighted by molar-refractivity contribution is 5.76. The van der Waals surface area contributed by atoms with E-state index < -0.39 is 0 Å². The Morgan fingerprint density at radius 2 is 2.10 bits per heavy atom. The lowest BCUT2D eigenvalue weighted by Crippen LogP contribution is -2.28. The van der Waals surface area contributed by atoms with E-state index in [4.69, 9.17) is 4.74 Å². The van der Waals surface area contributed by atoms with Gasteiger partial charge in [-0.2, -0.15) is 0 Å². The molecule has 0 aromatic heterocycles. The Morgan fingerprint density at radius 1 is 1.30 bits per heavy atom. The minimum Gasteiger partial charge on any atom is -0.384 e. The Balaban J connectivity index is 1.61. The number of nitrogens with zero attached hydrogens (tertiary/aromatic N) is 1. The number of methoxy groups -OCH3 is 1. The lowest BCUT2D eigenvalue weighted by atomic mass is 10.1. The minimum absolute atomic E-state index is 0.316. The number of benzene rings is 1. The molecule has 0 bridgehead atoms. The van der Waals surface area contributed by atoms with Gasteiger partial charge in [-0.3, -0.25) is 4.79 Å². The van der Waals surface area contributed by atoms with Gasteiger partial charge in [0.15, 0.2) is 0 Å². The van der Waals surface area contributed by atoms with Crippen LogP contribution in [0, 0.1) is 5.92 Å². The van der Waals surface area contributed by atoms with E-state index in [9.17, 15) is 4.79 Å². The SMILES string of the molecule is COC[C@@H]1CCN(C(=O)CCCCc2ccccc2)C1. The quantitative estimate of drug-likeness (QED) is 0.716. The Labute approximate surface area is 121 Å². The molecule has 3 nitrogen and oxygen atoms in total. The fraction of sp³-hybridized carbons (Fsp3) is 0.588. The van der Waals surface area contributed by atoms with Crippen molar-refractivity contribution in [2.45, 2.75) is 32.1 Å². The van der Waals surface area contributed by atoms with E-state index >= 15 is 0 Å². The number of likely N-dealkylation sites (tertiary alicyclic amines) is 1. The maximum atomic E-state index is 12.1. The second-order valence-electron chi connectivity index (χ2n) is 5.64. The largest absolute Gasteiger partial charge is 0.384 e. The Kier molecular flexibility index (Phi) is 6.06. The molecule has 1 aromatic rings. The molecular formula is C17H25NO2. The molecule has 2 rings (SSSR count). The van der Waals surface area contributed by atoms with E-state index in [2.05, 4.69) is 24.3 Å². The number of carbonyl (C=O) groups is 1. The zero-order chi connectivity index (χ0) is 14.2. The molecule has 0 saturated carbocycles. The standard InChI is InChI=1S/C17H25NO2/c1-20-14-16-11-12-18(13-16)17(19)10-6-5-9-15-7-3-2-4-8-15/h2-4,7-8,16H,5-6,9-14H2,1H3/t16-/m1/s1. The van der Waals surface area contributed by atoms with Gasteiger partial charge in [-0.25, -0.2) is 0 Å². The highest BCUT2D eigenvalue weighted by atomic mass is 16.5. The fourth-order valence-corrected chi connectivity index (χ4v) is 2.84. The van der Waals surface area contributed by atoms with Gasteiger partial charge in [0.1, 0.15) is 0 Å². The Morgan fingerprint density at radius 3 is 2.85 bits per heavy atom. The van der Waals surface area contributed by atoms with Crippen molar-refractivity contribution < 1.29 is 9.53 Å². The first-order chi connectivity index (χ1) is 9.79. The summed E-state index contributed by atoms with van der Waals surface area (Å²) in [4.78, 5) is 14.1. The van der Waals surface area contributed by atoms with Gasteiger partial charge in [0.25, 0.3) is 0 Å². The monoisotopic (exact) mass is 275 g/mol. The third-order valence-corrected chi connectivity index (χ3v) is 3.99. The summed E-state index contributed by atoms with van der Waals surface area (Å²) in [5, 5.41) is 0. The van der Waals surface area contributed by atoms with Gasteiger partial charge in [0.2, 0.25) is 5.91 Å². The first kappa shape index (κ1) is 15.0. The van der Waals surface area contributed by atoms with Crippen molar-refractivity contribution in [1.82, 2.24) is 4.90 Å². The van der Waals surface area contributed by atoms with Crippen LogP contribution >= 0.6 is 0 Å². The molecule has 0 unspecified atom stereocenters. The van der Waals surface area contributed by atoms with Crippen LogP contribution in [-0.2, 0) is 16.0 Å². The summed E-state index contributed by atoms with van der Waals surface area (Å²) < 4.78 is 5.16. The van der Waals surface area contributed by atoms with Crippen LogP contribution in [0.4, 0.5) is 0 Å². The van der Waals surface area contributed by atoms with Crippen LogP contribution < -0.4 is 0 Å². The van der Waals surface area contributed by atoms with Crippen molar-refractivity contribution in [3.05, 3.63) is 35.9 Å². The molecule has 1 saturated heterocycles. The van der Waals surface area contributed by atoms with Crippen LogP contribution in [0.25, 0.3) is 0 Å². The molecule has 0 radical (unpaired) electrons. The van der Waals surface area contributed by atoms with Crippen molar-refractivity contribution in [1.29, 1.82) is 0 Å². The lowest BCUT2D eigenvalue weighted by Gasteiger charge is -2.16. The third kappa shape index (κ3) is 4.64. The normalized spacial score (nSPS) is 18.4. The molecule has 0 spiro atoms. The summed E-state index contributed by atoms with van der Waals surface area (Å²) in [6, 6.07) is 10.5. The molecule has 1 aromatic carbocycles. The average molecular weight is 275 g/mol. The number of unbranched alkanes of at least 4 members (excludes halogenated alkanes) is 1. The zero-order valence-corrected chi connectivity index (χ0v) is 12.4. The van der Waals surface area contributed by atoms with Crippen LogP contribution in [0.3, 0.4) is 0 Å². The van der Waals surface area contributed by atoms with Gasteiger partial charge in [-0.15, -0.1) is 0 Å². The van der Waals surface area contributed by atoms with E-state index in [0.29, 0.717) is 18.2 Å². The molecule has 110 valence electrons. The number of aryl methyl sites for hydroxylation is 1. The van der Waals surface area contributed by atoms with E-state index in [1.807, 2.05) is 11.0 Å². The molecule has 1 fully saturated rings. The number of ether oxygens (including phenoxy) is 1. The van der Waals surface area contributed by atoms with Gasteiger partial charge in [0.05, 0.1) is 6.61 Å². The van der Waals surface area contributed by atoms with Gasteiger partial charge < -0.3 is 9.64 Å². The topological polar surface area (TPSA) is 29.5 Å². The van der Waals surface area contributed by atoms with Crippen molar-refractivity contribution in [2.24, 2.45) is 5.92 Å². The molecule has 1 amide bonds. The predicted molar refractivity (Wildman–Crippen MR) is 80.6 cm³/mol. The number of carbonyl (C=O) groups excluding carboxylic acids is 1. The van der Waals surface area contributed by atoms with Gasteiger partial charge in [-0.1, -0.05) is 30.3 Å². The molecule has 0 N–H and O–H groups in total. The maximum absolute atomic E-state index is 12.1. The number of amides is 1. The van der Waals surface area contributed by atoms with Crippen LogP contribution in [0.5, 0.6) is 0 Å². The minimum atomic E-state index is 0.316. The van der Waals surface area contributed by atoms with E-state index in [0.717, 1.165) is 45.4 Å². The van der Waals surface area contributed by atoms with Crippen LogP contribution in [0.15, 0.2) is 30.3 Å². The smallest absolute Gasteiger partial charge is 0.222 e. The highest BCUT2D eigenvalue weighted by Crippen LogP contribution is 2.18. The number of hydrogen-bond donors (Lipinski definition) is 0. The molecule has 3 heteroatoms. The van der Waals surface area contributed by atoms with Crippen molar-refractivity contribution in [2.75, 3.05) is 26.8 Å². The number of rotatable bonds is 7. The van der Waals surface area contributed by atoms with Crippen molar-refractivity contribution in [3.8, 4) is 0 Å². The van der Waals surface area contributed by atoms with Crippen molar-refractivity contribution >= 4 is 5.91 Å². The first-order valence-electron chi connectivity index (χ1n) is 7.60. The van der Waals surface area contributed by atoms with E-state index in [1.54, 1.807) is 7.11 Å². The van der Waals surface area contributed by atoms with Crippen LogP contribution in [-0.4, -0.2) is 37.6 Å². The summed E-state index contributed by atoms with van der Waals surface area (Å²) >= 11 is 0. The van der Waals surface area contributed by atoms with Crippen LogP contribution in [0.1, 0.15) is 31.2 Å². The maximum Gasteiger partial charge on any atom is 0.222 e. The molecule has 1 atom stereocenters. The Bertz CT molecular complexity index is 405. The fourth-order valence-electron chi connectivity index (χ4n) is 2.84. The second-order valence-corrected chi connectivity index (χ2v) is 5.64. The summed E-state index contributed by atoms with van der Waals surface area (Å²) in [5.41, 5.74) is 1.36. The second kappa shape index (κ2) is 8.05. The molecule has 0 aliphatic carbocycles. The molecule has 1 aliphatic rings. The lowest BCUT2D eigenvalue weighted by molar-refractivity contribution is -0.130. The molecule has 1 aliphatic heterocycles. The summed E-state index contributed by atoms with van der Waals surface area (Å²) in [7, 11) is 1.73. The van der Waals surface area contributed by atoms with Gasteiger partial charge in [-0.05, 0) is 31.2 Å². The summed E-state index contributed by atoms with van der Waals surface area (Å²) in [6.07, 6.45) is 4.92. The molecule has 1 heterocycles. The first-order valence-corrected chi connectivity index (χ1v) is 7.60. The van der Waals surface area contributed by atoms with Gasteiger partial charge >= 0.3 is 0 Å². The molecular weight excluding hydrogens is 250 g/mol. The molecule has 20 heavy (non-hydrogen) atoms. The average Bonchev–Trinajstić information content (AvgIpc) is 2.94. The number of hydrogen-bond acceptors (Lipinski definition) is 2. The van der Waals surface area contributed by atoms with Crippen molar-refractivity contribution in [3.63, 3.8) is 0 Å². The van der Waals surface area contributed by atoms with Gasteiger partial charge in [0, 0.05) is 32.5 Å². The summed E-state index contributed by atoms with van der Waals surface area (Å²) in [5.74, 6) is 0.852. The van der Waals surface area contributed by atoms with E-state index in [1.165, 1.54) is 5.56 Å². The van der Waals surface area contributed by atoms with Crippen LogP contribution in [0.2, 0.25) is 0 Å².